The number of aromatic nitrogens is 3. The Morgan fingerprint density at radius 1 is 1.12 bits per heavy atom. The highest BCUT2D eigenvalue weighted by molar-refractivity contribution is 8.00. The molecule has 1 heterocycles. The molecule has 0 bridgehead atoms. The summed E-state index contributed by atoms with van der Waals surface area (Å²) in [5, 5.41) is 11.3. The molecule has 0 radical (unpaired) electrons. The van der Waals surface area contributed by atoms with Crippen molar-refractivity contribution in [3.05, 3.63) is 66.2 Å². The molecule has 1 amide bonds. The molecule has 0 spiro atoms. The molecule has 1 aromatic heterocycles. The number of benzene rings is 2. The molecule has 0 aliphatic carbocycles. The van der Waals surface area contributed by atoms with Crippen LogP contribution in [0.1, 0.15) is 12.5 Å². The van der Waals surface area contributed by atoms with Gasteiger partial charge in [-0.3, -0.25) is 4.79 Å². The van der Waals surface area contributed by atoms with Crippen molar-refractivity contribution < 1.29 is 4.79 Å². The van der Waals surface area contributed by atoms with E-state index in [4.69, 9.17) is 5.84 Å². The highest BCUT2D eigenvalue weighted by Crippen LogP contribution is 2.24. The van der Waals surface area contributed by atoms with Gasteiger partial charge < -0.3 is 11.2 Å². The highest BCUT2D eigenvalue weighted by atomic mass is 32.2. The van der Waals surface area contributed by atoms with Gasteiger partial charge in [-0.25, -0.2) is 4.68 Å². The number of nitrogens with one attached hydrogen (secondary N) is 1. The molecule has 25 heavy (non-hydrogen) atoms. The topological polar surface area (TPSA) is 85.8 Å². The Balaban J connectivity index is 1.62. The van der Waals surface area contributed by atoms with Crippen LogP contribution >= 0.6 is 11.8 Å². The molecule has 0 saturated heterocycles. The number of nitrogens with zero attached hydrogens (tertiary/aromatic N) is 3. The lowest BCUT2D eigenvalue weighted by atomic mass is 10.2. The number of carbonyl (C=O) groups excluding carboxylic acids is 1. The molecule has 128 valence electrons. The van der Waals surface area contributed by atoms with Crippen LogP contribution in [0.25, 0.3) is 11.4 Å². The van der Waals surface area contributed by atoms with Crippen LogP contribution in [0, 0.1) is 0 Å². The molecule has 0 aliphatic rings. The number of hydrogen-bond acceptors (Lipinski definition) is 5. The van der Waals surface area contributed by atoms with Gasteiger partial charge in [0.15, 0.2) is 5.82 Å². The van der Waals surface area contributed by atoms with Crippen LogP contribution in [0.3, 0.4) is 0 Å². The van der Waals surface area contributed by atoms with Gasteiger partial charge in [0.25, 0.3) is 0 Å². The fourth-order valence-electron chi connectivity index (χ4n) is 2.28. The van der Waals surface area contributed by atoms with Crippen molar-refractivity contribution in [1.29, 1.82) is 0 Å². The van der Waals surface area contributed by atoms with Crippen molar-refractivity contribution in [1.82, 2.24) is 20.2 Å². The minimum Gasteiger partial charge on any atom is -0.351 e. The Kier molecular flexibility index (Phi) is 5.35. The van der Waals surface area contributed by atoms with E-state index in [0.717, 1.165) is 11.1 Å². The second kappa shape index (κ2) is 7.85. The smallest absolute Gasteiger partial charge is 0.233 e. The average molecular weight is 353 g/mol. The predicted molar refractivity (Wildman–Crippen MR) is 99.2 cm³/mol. The van der Waals surface area contributed by atoms with Crippen LogP contribution in [0.2, 0.25) is 0 Å². The Labute approximate surface area is 150 Å². The highest BCUT2D eigenvalue weighted by Gasteiger charge is 2.19. The van der Waals surface area contributed by atoms with Crippen LogP contribution in [-0.2, 0) is 11.3 Å². The molecule has 6 nitrogen and oxygen atoms in total. The monoisotopic (exact) mass is 353 g/mol. The van der Waals surface area contributed by atoms with Gasteiger partial charge in [0.1, 0.15) is 0 Å². The summed E-state index contributed by atoms with van der Waals surface area (Å²) in [6, 6.07) is 19.4. The lowest BCUT2D eigenvalue weighted by Gasteiger charge is -2.11. The van der Waals surface area contributed by atoms with Crippen molar-refractivity contribution in [3.8, 4) is 11.4 Å². The molecule has 0 saturated carbocycles. The first kappa shape index (κ1) is 17.0. The summed E-state index contributed by atoms with van der Waals surface area (Å²) in [7, 11) is 0. The lowest BCUT2D eigenvalue weighted by Crippen LogP contribution is -2.30. The number of hydrogen-bond donors (Lipinski definition) is 2. The van der Waals surface area contributed by atoms with E-state index in [0.29, 0.717) is 17.5 Å². The van der Waals surface area contributed by atoms with Crippen molar-refractivity contribution in [2.24, 2.45) is 0 Å². The van der Waals surface area contributed by atoms with E-state index in [9.17, 15) is 4.79 Å². The first-order valence-electron chi connectivity index (χ1n) is 7.89. The van der Waals surface area contributed by atoms with E-state index in [2.05, 4.69) is 15.5 Å². The summed E-state index contributed by atoms with van der Waals surface area (Å²) >= 11 is 1.28. The van der Waals surface area contributed by atoms with Crippen molar-refractivity contribution in [3.63, 3.8) is 0 Å². The Morgan fingerprint density at radius 3 is 2.44 bits per heavy atom. The number of carbonyl (C=O) groups is 1. The van der Waals surface area contributed by atoms with Crippen LogP contribution < -0.4 is 11.2 Å². The van der Waals surface area contributed by atoms with Gasteiger partial charge >= 0.3 is 0 Å². The number of nitrogens with two attached hydrogens (primary N) is 1. The van der Waals surface area contributed by atoms with Crippen LogP contribution in [0.4, 0.5) is 0 Å². The number of rotatable bonds is 6. The van der Waals surface area contributed by atoms with Crippen LogP contribution in [0.5, 0.6) is 0 Å². The first-order chi connectivity index (χ1) is 12.1. The van der Waals surface area contributed by atoms with Gasteiger partial charge in [-0.2, -0.15) is 0 Å². The largest absolute Gasteiger partial charge is 0.351 e. The molecule has 2 aromatic carbocycles. The second-order valence-corrected chi connectivity index (χ2v) is 6.81. The molecule has 3 N–H and O–H groups in total. The summed E-state index contributed by atoms with van der Waals surface area (Å²) in [5.74, 6) is 6.59. The summed E-state index contributed by atoms with van der Waals surface area (Å²) in [5.41, 5.74) is 1.94. The van der Waals surface area contributed by atoms with Gasteiger partial charge in [0, 0.05) is 12.1 Å². The fourth-order valence-corrected chi connectivity index (χ4v) is 3.08. The lowest BCUT2D eigenvalue weighted by molar-refractivity contribution is -0.120. The molecule has 1 unspecified atom stereocenters. The van der Waals surface area contributed by atoms with Gasteiger partial charge in [-0.05, 0) is 12.5 Å². The maximum Gasteiger partial charge on any atom is 0.233 e. The Bertz CT molecular complexity index is 835. The molecule has 3 aromatic rings. The van der Waals surface area contributed by atoms with Gasteiger partial charge in [-0.1, -0.05) is 72.4 Å². The average Bonchev–Trinajstić information content (AvgIpc) is 3.01. The summed E-state index contributed by atoms with van der Waals surface area (Å²) in [6.07, 6.45) is 0. The summed E-state index contributed by atoms with van der Waals surface area (Å²) in [6.45, 7) is 2.32. The van der Waals surface area contributed by atoms with E-state index in [1.54, 1.807) is 0 Å². The quantitative estimate of drug-likeness (QED) is 0.525. The summed E-state index contributed by atoms with van der Waals surface area (Å²) < 4.78 is 1.42. The number of thioether (sulfide) groups is 1. The molecule has 0 aliphatic heterocycles. The number of nitrogen functional groups attached to an aromatic ring is 1. The van der Waals surface area contributed by atoms with E-state index < -0.39 is 0 Å². The van der Waals surface area contributed by atoms with Crippen LogP contribution in [-0.4, -0.2) is 26.0 Å². The van der Waals surface area contributed by atoms with Crippen molar-refractivity contribution >= 4 is 17.7 Å². The zero-order valence-electron chi connectivity index (χ0n) is 13.8. The fraction of sp³-hybridized carbons (Fsp3) is 0.167. The molecular weight excluding hydrogens is 334 g/mol. The standard InChI is InChI=1S/C18H19N5OS/c1-13(17(24)20-12-14-8-4-2-5-9-14)25-18-22-21-16(23(18)19)15-10-6-3-7-11-15/h2-11,13H,12,19H2,1H3,(H,20,24). The minimum atomic E-state index is -0.334. The van der Waals surface area contributed by atoms with Gasteiger partial charge in [0.05, 0.1) is 5.25 Å². The molecule has 7 heteroatoms. The maximum absolute atomic E-state index is 12.3. The van der Waals surface area contributed by atoms with Gasteiger partial charge in [0.2, 0.25) is 11.1 Å². The van der Waals surface area contributed by atoms with E-state index >= 15 is 0 Å². The third kappa shape index (κ3) is 4.19. The third-order valence-electron chi connectivity index (χ3n) is 3.66. The number of amides is 1. The minimum absolute atomic E-state index is 0.0712. The SMILES string of the molecule is CC(Sc1nnc(-c2ccccc2)n1N)C(=O)NCc1ccccc1. The zero-order chi connectivity index (χ0) is 17.6. The molecule has 1 atom stereocenters. The predicted octanol–water partition coefficient (Wildman–Crippen LogP) is 2.46. The normalized spacial score (nSPS) is 11.9. The van der Waals surface area contributed by atoms with Crippen LogP contribution in [0.15, 0.2) is 65.8 Å². The Morgan fingerprint density at radius 2 is 1.76 bits per heavy atom. The molecular formula is C18H19N5OS. The van der Waals surface area contributed by atoms with E-state index in [1.165, 1.54) is 16.4 Å². The van der Waals surface area contributed by atoms with Gasteiger partial charge in [-0.15, -0.1) is 10.2 Å². The molecule has 0 fully saturated rings. The summed E-state index contributed by atoms with van der Waals surface area (Å²) in [4.78, 5) is 12.3. The zero-order valence-corrected chi connectivity index (χ0v) is 14.6. The van der Waals surface area contributed by atoms with E-state index in [-0.39, 0.29) is 11.2 Å². The molecule has 3 rings (SSSR count). The third-order valence-corrected chi connectivity index (χ3v) is 4.71. The van der Waals surface area contributed by atoms with Crippen molar-refractivity contribution in [2.45, 2.75) is 23.9 Å². The van der Waals surface area contributed by atoms with Crippen molar-refractivity contribution in [2.75, 3.05) is 5.84 Å². The second-order valence-electron chi connectivity index (χ2n) is 5.51. The first-order valence-corrected chi connectivity index (χ1v) is 8.77. The van der Waals surface area contributed by atoms with E-state index in [1.807, 2.05) is 67.6 Å². The Hall–Kier alpha value is -2.80. The maximum atomic E-state index is 12.3.